The maximum Gasteiger partial charge on any atom is 0.326 e. The average molecular weight is 366 g/mol. The summed E-state index contributed by atoms with van der Waals surface area (Å²) in [6, 6.07) is 6.40. The molecule has 0 unspecified atom stereocenters. The number of aromatic nitrogens is 2. The van der Waals surface area contributed by atoms with Gasteiger partial charge in [-0.15, -0.1) is 0 Å². The van der Waals surface area contributed by atoms with Crippen LogP contribution in [0.2, 0.25) is 0 Å². The molecule has 4 rings (SSSR count). The molecule has 0 radical (unpaired) electrons. The van der Waals surface area contributed by atoms with Crippen LogP contribution in [-0.2, 0) is 4.79 Å². The normalized spacial score (nSPS) is 24.3. The first-order chi connectivity index (χ1) is 13.1. The summed E-state index contributed by atoms with van der Waals surface area (Å²) in [6.45, 7) is 0. The number of carboxylic acids is 1. The van der Waals surface area contributed by atoms with Crippen LogP contribution in [0, 0.1) is 5.92 Å². The zero-order valence-corrected chi connectivity index (χ0v) is 14.9. The predicted octanol–water partition coefficient (Wildman–Crippen LogP) is 3.08. The number of likely N-dealkylation sites (tertiary alicyclic amines) is 1. The van der Waals surface area contributed by atoms with Crippen molar-refractivity contribution in [2.45, 2.75) is 44.2 Å². The fourth-order valence-electron chi connectivity index (χ4n) is 4.36. The number of nitrogens with zero attached hydrogens (tertiary/aromatic N) is 3. The van der Waals surface area contributed by atoms with Crippen LogP contribution >= 0.6 is 0 Å². The topological polar surface area (TPSA) is 95.4 Å². The van der Waals surface area contributed by atoms with E-state index in [0.717, 1.165) is 25.7 Å². The molecule has 1 saturated carbocycles. The number of amides is 1. The van der Waals surface area contributed by atoms with E-state index in [1.165, 1.54) is 0 Å². The summed E-state index contributed by atoms with van der Waals surface area (Å²) >= 11 is 0. The van der Waals surface area contributed by atoms with Gasteiger partial charge in [-0.25, -0.2) is 9.78 Å². The Hall–Kier alpha value is -2.96. The molecule has 2 aromatic rings. The smallest absolute Gasteiger partial charge is 0.326 e. The van der Waals surface area contributed by atoms with E-state index >= 15 is 0 Å². The van der Waals surface area contributed by atoms with E-state index in [4.69, 9.17) is 0 Å². The first-order valence-electron chi connectivity index (χ1n) is 9.32. The van der Waals surface area contributed by atoms with Crippen molar-refractivity contribution in [3.63, 3.8) is 0 Å². The Kier molecular flexibility index (Phi) is 4.75. The molecule has 27 heavy (non-hydrogen) atoms. The predicted molar refractivity (Wildman–Crippen MR) is 99.7 cm³/mol. The zero-order valence-electron chi connectivity index (χ0n) is 14.9. The maximum absolute atomic E-state index is 13.2. The Morgan fingerprint density at radius 1 is 1.19 bits per heavy atom. The number of benzene rings is 1. The van der Waals surface area contributed by atoms with Crippen LogP contribution in [-0.4, -0.2) is 43.9 Å². The lowest BCUT2D eigenvalue weighted by Crippen LogP contribution is -2.46. The SMILES string of the molecule is O=C(O)[C@@H]1C[C@@H]2CCCC[C@@H]2N1C(=O)c1cccc(Nc2cnccn2)c1. The summed E-state index contributed by atoms with van der Waals surface area (Å²) in [6.07, 6.45) is 9.39. The minimum absolute atomic E-state index is 0.0314. The van der Waals surface area contributed by atoms with Crippen LogP contribution in [0.25, 0.3) is 0 Å². The Morgan fingerprint density at radius 2 is 2.04 bits per heavy atom. The fourth-order valence-corrected chi connectivity index (χ4v) is 4.36. The van der Waals surface area contributed by atoms with Gasteiger partial charge >= 0.3 is 5.97 Å². The van der Waals surface area contributed by atoms with Crippen molar-refractivity contribution in [1.29, 1.82) is 0 Å². The molecule has 1 aliphatic carbocycles. The molecule has 7 heteroatoms. The van der Waals surface area contributed by atoms with Gasteiger partial charge in [-0.2, -0.15) is 0 Å². The highest BCUT2D eigenvalue weighted by Gasteiger charge is 2.47. The molecule has 2 heterocycles. The van der Waals surface area contributed by atoms with E-state index in [0.29, 0.717) is 29.4 Å². The van der Waals surface area contributed by atoms with Crippen LogP contribution < -0.4 is 5.32 Å². The lowest BCUT2D eigenvalue weighted by atomic mass is 9.84. The van der Waals surface area contributed by atoms with Crippen LogP contribution in [0.4, 0.5) is 11.5 Å². The minimum Gasteiger partial charge on any atom is -0.480 e. The standard InChI is InChI=1S/C20H22N4O3/c25-19(24-16-7-2-1-4-13(16)11-17(24)20(26)27)14-5-3-6-15(10-14)23-18-12-21-8-9-22-18/h3,5-6,8-10,12-13,16-17H,1-2,4,7,11H2,(H,22,23)(H,26,27)/t13-,16-,17-/m0/s1. The van der Waals surface area contributed by atoms with Crippen molar-refractivity contribution in [3.05, 3.63) is 48.4 Å². The molecule has 1 aromatic heterocycles. The molecule has 2 aliphatic rings. The van der Waals surface area contributed by atoms with E-state index in [-0.39, 0.29) is 11.9 Å². The van der Waals surface area contributed by atoms with Gasteiger partial charge in [-0.1, -0.05) is 18.9 Å². The van der Waals surface area contributed by atoms with Crippen LogP contribution in [0.5, 0.6) is 0 Å². The van der Waals surface area contributed by atoms with Crippen LogP contribution in [0.15, 0.2) is 42.9 Å². The van der Waals surface area contributed by atoms with Crippen molar-refractivity contribution in [1.82, 2.24) is 14.9 Å². The number of anilines is 2. The summed E-state index contributed by atoms with van der Waals surface area (Å²) < 4.78 is 0. The Morgan fingerprint density at radius 3 is 2.81 bits per heavy atom. The summed E-state index contributed by atoms with van der Waals surface area (Å²) in [5, 5.41) is 12.8. The first-order valence-corrected chi connectivity index (χ1v) is 9.32. The molecule has 1 aromatic carbocycles. The number of rotatable bonds is 4. The molecule has 140 valence electrons. The molecular weight excluding hydrogens is 344 g/mol. The fraction of sp³-hybridized carbons (Fsp3) is 0.400. The summed E-state index contributed by atoms with van der Waals surface area (Å²) in [7, 11) is 0. The Labute approximate surface area is 157 Å². The number of hydrogen-bond acceptors (Lipinski definition) is 5. The second-order valence-electron chi connectivity index (χ2n) is 7.21. The number of carbonyl (C=O) groups excluding carboxylic acids is 1. The van der Waals surface area contributed by atoms with Crippen molar-refractivity contribution in [2.24, 2.45) is 5.92 Å². The van der Waals surface area contributed by atoms with Crippen LogP contribution in [0.3, 0.4) is 0 Å². The molecule has 7 nitrogen and oxygen atoms in total. The molecule has 1 amide bonds. The second kappa shape index (κ2) is 7.34. The monoisotopic (exact) mass is 366 g/mol. The molecular formula is C20H22N4O3. The van der Waals surface area contributed by atoms with Gasteiger partial charge in [0.1, 0.15) is 11.9 Å². The highest BCUT2D eigenvalue weighted by atomic mass is 16.4. The highest BCUT2D eigenvalue weighted by molar-refractivity contribution is 5.98. The molecule has 1 saturated heterocycles. The lowest BCUT2D eigenvalue weighted by molar-refractivity contribution is -0.141. The van der Waals surface area contributed by atoms with Gasteiger partial charge < -0.3 is 15.3 Å². The zero-order chi connectivity index (χ0) is 18.8. The number of nitrogens with one attached hydrogen (secondary N) is 1. The number of carbonyl (C=O) groups is 2. The van der Waals surface area contributed by atoms with Crippen LogP contribution in [0.1, 0.15) is 42.5 Å². The minimum atomic E-state index is -0.911. The van der Waals surface area contributed by atoms with Gasteiger partial charge in [0.15, 0.2) is 0 Å². The Balaban J connectivity index is 1.59. The number of hydrogen-bond donors (Lipinski definition) is 2. The summed E-state index contributed by atoms with van der Waals surface area (Å²) in [4.78, 5) is 34.8. The summed E-state index contributed by atoms with van der Waals surface area (Å²) in [5.41, 5.74) is 1.20. The quantitative estimate of drug-likeness (QED) is 0.863. The van der Waals surface area contributed by atoms with Gasteiger partial charge in [-0.3, -0.25) is 9.78 Å². The average Bonchev–Trinajstić information content (AvgIpc) is 3.08. The molecule has 2 fully saturated rings. The van der Waals surface area contributed by atoms with Gasteiger partial charge in [0.25, 0.3) is 5.91 Å². The number of carboxylic acid groups (broad SMARTS) is 1. The van der Waals surface area contributed by atoms with E-state index < -0.39 is 12.0 Å². The third-order valence-corrected chi connectivity index (χ3v) is 5.55. The van der Waals surface area contributed by atoms with Gasteiger partial charge in [0.2, 0.25) is 0 Å². The van der Waals surface area contributed by atoms with E-state index in [1.54, 1.807) is 41.7 Å². The molecule has 0 spiro atoms. The van der Waals surface area contributed by atoms with E-state index in [9.17, 15) is 14.7 Å². The van der Waals surface area contributed by atoms with Crippen molar-refractivity contribution in [3.8, 4) is 0 Å². The van der Waals surface area contributed by atoms with E-state index in [2.05, 4.69) is 15.3 Å². The van der Waals surface area contributed by atoms with E-state index in [1.807, 2.05) is 6.07 Å². The number of fused-ring (bicyclic) bond motifs is 1. The molecule has 1 aliphatic heterocycles. The molecule has 0 bridgehead atoms. The summed E-state index contributed by atoms with van der Waals surface area (Å²) in [5.74, 6) is -0.241. The molecule has 3 atom stereocenters. The van der Waals surface area contributed by atoms with Crippen molar-refractivity contribution >= 4 is 23.4 Å². The molecule has 2 N–H and O–H groups in total. The second-order valence-corrected chi connectivity index (χ2v) is 7.21. The van der Waals surface area contributed by atoms with Gasteiger partial charge in [-0.05, 0) is 43.4 Å². The lowest BCUT2D eigenvalue weighted by Gasteiger charge is -2.33. The van der Waals surface area contributed by atoms with Crippen molar-refractivity contribution in [2.75, 3.05) is 5.32 Å². The van der Waals surface area contributed by atoms with Gasteiger partial charge in [0, 0.05) is 29.7 Å². The number of aliphatic carboxylic acids is 1. The van der Waals surface area contributed by atoms with Gasteiger partial charge in [0.05, 0.1) is 6.20 Å². The van der Waals surface area contributed by atoms with Crippen molar-refractivity contribution < 1.29 is 14.7 Å². The first kappa shape index (κ1) is 17.5. The maximum atomic E-state index is 13.2. The Bertz CT molecular complexity index is 842. The highest BCUT2D eigenvalue weighted by Crippen LogP contribution is 2.40. The third kappa shape index (κ3) is 3.49. The largest absolute Gasteiger partial charge is 0.480 e. The third-order valence-electron chi connectivity index (χ3n) is 5.55.